The summed E-state index contributed by atoms with van der Waals surface area (Å²) in [6.07, 6.45) is 3.05. The monoisotopic (exact) mass is 276 g/mol. The van der Waals surface area contributed by atoms with Gasteiger partial charge in [0.1, 0.15) is 5.78 Å². The molecule has 2 aliphatic carbocycles. The van der Waals surface area contributed by atoms with Crippen molar-refractivity contribution in [3.8, 4) is 0 Å². The van der Waals surface area contributed by atoms with E-state index < -0.39 is 0 Å². The van der Waals surface area contributed by atoms with E-state index in [2.05, 4.69) is 26.8 Å². The van der Waals surface area contributed by atoms with Gasteiger partial charge in [0.2, 0.25) is 0 Å². The molecule has 0 N–H and O–H groups in total. The lowest BCUT2D eigenvalue weighted by molar-refractivity contribution is -0.131. The Kier molecular flexibility index (Phi) is 2.83. The van der Waals surface area contributed by atoms with Crippen molar-refractivity contribution in [2.75, 3.05) is 0 Å². The predicted octanol–water partition coefficient (Wildman–Crippen LogP) is 4.52. The van der Waals surface area contributed by atoms with E-state index in [1.165, 1.54) is 6.42 Å². The van der Waals surface area contributed by atoms with Gasteiger partial charge in [-0.15, -0.1) is 0 Å². The summed E-state index contributed by atoms with van der Waals surface area (Å²) in [7, 11) is 0. The van der Waals surface area contributed by atoms with Crippen LogP contribution in [0.5, 0.6) is 0 Å². The minimum absolute atomic E-state index is 0.121. The van der Waals surface area contributed by atoms with E-state index in [0.29, 0.717) is 11.7 Å². The van der Waals surface area contributed by atoms with Gasteiger partial charge in [-0.1, -0.05) is 50.6 Å². The number of hydrogen-bond acceptors (Lipinski definition) is 1. The molecule has 0 saturated heterocycles. The molecular formula is C17H21ClO. The zero-order chi connectivity index (χ0) is 13.8. The third kappa shape index (κ3) is 1.64. The number of hydrogen-bond donors (Lipinski definition) is 0. The third-order valence-electron chi connectivity index (χ3n) is 6.07. The predicted molar refractivity (Wildman–Crippen MR) is 78.3 cm³/mol. The van der Waals surface area contributed by atoms with E-state index in [9.17, 15) is 4.79 Å². The molecule has 0 radical (unpaired) electrons. The van der Waals surface area contributed by atoms with E-state index in [-0.39, 0.29) is 16.7 Å². The summed E-state index contributed by atoms with van der Waals surface area (Å²) in [4.78, 5) is 12.8. The second-order valence-electron chi connectivity index (χ2n) is 6.97. The minimum atomic E-state index is -0.121. The van der Waals surface area contributed by atoms with E-state index in [1.807, 2.05) is 18.2 Å². The molecule has 3 atom stereocenters. The second kappa shape index (κ2) is 4.09. The van der Waals surface area contributed by atoms with Gasteiger partial charge in [-0.05, 0) is 42.2 Å². The number of carbonyl (C=O) groups is 1. The Labute approximate surface area is 120 Å². The Hall–Kier alpha value is -0.820. The summed E-state index contributed by atoms with van der Waals surface area (Å²) in [5.41, 5.74) is 1.13. The highest BCUT2D eigenvalue weighted by atomic mass is 35.5. The number of ketones is 1. The number of benzene rings is 1. The van der Waals surface area contributed by atoms with Gasteiger partial charge in [-0.3, -0.25) is 4.79 Å². The summed E-state index contributed by atoms with van der Waals surface area (Å²) >= 11 is 6.25. The van der Waals surface area contributed by atoms with Gasteiger partial charge in [0.15, 0.2) is 0 Å². The summed E-state index contributed by atoms with van der Waals surface area (Å²) in [5, 5.41) is 0.793. The molecule has 2 bridgehead atoms. The van der Waals surface area contributed by atoms with Gasteiger partial charge in [0.25, 0.3) is 0 Å². The van der Waals surface area contributed by atoms with Crippen molar-refractivity contribution < 1.29 is 4.79 Å². The molecule has 1 aromatic carbocycles. The molecule has 3 rings (SSSR count). The van der Waals surface area contributed by atoms with Crippen molar-refractivity contribution in [1.29, 1.82) is 0 Å². The van der Waals surface area contributed by atoms with E-state index in [1.54, 1.807) is 0 Å². The van der Waals surface area contributed by atoms with Crippen molar-refractivity contribution >= 4 is 17.4 Å². The first-order valence-corrected chi connectivity index (χ1v) is 7.53. The average molecular weight is 277 g/mol. The van der Waals surface area contributed by atoms with E-state index in [4.69, 9.17) is 11.6 Å². The highest BCUT2D eigenvalue weighted by Crippen LogP contribution is 2.66. The van der Waals surface area contributed by atoms with Crippen LogP contribution < -0.4 is 0 Å². The summed E-state index contributed by atoms with van der Waals surface area (Å²) in [6.45, 7) is 6.71. The molecule has 0 aromatic heterocycles. The summed E-state index contributed by atoms with van der Waals surface area (Å²) < 4.78 is 0. The lowest BCUT2D eigenvalue weighted by Gasteiger charge is -2.32. The van der Waals surface area contributed by atoms with Gasteiger partial charge < -0.3 is 0 Å². The van der Waals surface area contributed by atoms with Crippen molar-refractivity contribution in [3.05, 3.63) is 34.9 Å². The van der Waals surface area contributed by atoms with E-state index >= 15 is 0 Å². The Morgan fingerprint density at radius 3 is 2.53 bits per heavy atom. The van der Waals surface area contributed by atoms with Crippen LogP contribution in [-0.4, -0.2) is 5.78 Å². The third-order valence-corrected chi connectivity index (χ3v) is 6.44. The average Bonchev–Trinajstić information content (AvgIpc) is 2.66. The highest BCUT2D eigenvalue weighted by molar-refractivity contribution is 6.31. The van der Waals surface area contributed by atoms with Crippen LogP contribution >= 0.6 is 11.6 Å². The first kappa shape index (κ1) is 13.2. The molecule has 0 unspecified atom stereocenters. The molecule has 2 aliphatic rings. The smallest absolute Gasteiger partial charge is 0.142 e. The number of fused-ring (bicyclic) bond motifs is 2. The maximum Gasteiger partial charge on any atom is 0.142 e. The van der Waals surface area contributed by atoms with Crippen LogP contribution in [0.3, 0.4) is 0 Å². The molecule has 1 nitrogen and oxygen atoms in total. The number of carbonyl (C=O) groups excluding carboxylic acids is 1. The number of halogens is 1. The summed E-state index contributed by atoms with van der Waals surface area (Å²) in [6, 6.07) is 7.92. The number of Topliss-reactive ketones (excluding diaryl/α,β-unsaturated/α-hetero) is 1. The molecular weight excluding hydrogens is 256 g/mol. The van der Waals surface area contributed by atoms with Crippen molar-refractivity contribution in [2.45, 2.75) is 40.0 Å². The lowest BCUT2D eigenvalue weighted by atomic mass is 9.70. The zero-order valence-electron chi connectivity index (χ0n) is 11.9. The Balaban J connectivity index is 1.93. The molecule has 0 aliphatic heterocycles. The van der Waals surface area contributed by atoms with Gasteiger partial charge in [0, 0.05) is 16.4 Å². The highest BCUT2D eigenvalue weighted by Gasteiger charge is 2.65. The molecule has 2 fully saturated rings. The summed E-state index contributed by atoms with van der Waals surface area (Å²) in [5.74, 6) is 1.14. The second-order valence-corrected chi connectivity index (χ2v) is 7.37. The fraction of sp³-hybridized carbons (Fsp3) is 0.588. The fourth-order valence-electron chi connectivity index (χ4n) is 4.41. The number of rotatable bonds is 2. The minimum Gasteiger partial charge on any atom is -0.299 e. The van der Waals surface area contributed by atoms with E-state index in [0.717, 1.165) is 23.4 Å². The Bertz CT molecular complexity index is 534. The van der Waals surface area contributed by atoms with Gasteiger partial charge in [-0.25, -0.2) is 0 Å². The van der Waals surface area contributed by atoms with Crippen LogP contribution in [0.25, 0.3) is 0 Å². The molecule has 2 heteroatoms. The first-order chi connectivity index (χ1) is 8.88. The SMILES string of the molecule is CC1(C)[C@@H]2CC[C@@]1(C)C(=O)[C@H]2Cc1ccccc1Cl. The molecule has 0 spiro atoms. The zero-order valence-corrected chi connectivity index (χ0v) is 12.6. The molecule has 19 heavy (non-hydrogen) atoms. The van der Waals surface area contributed by atoms with Crippen molar-refractivity contribution in [1.82, 2.24) is 0 Å². The van der Waals surface area contributed by atoms with Crippen LogP contribution in [0, 0.1) is 22.7 Å². The normalized spacial score (nSPS) is 35.9. The molecule has 0 amide bonds. The van der Waals surface area contributed by atoms with Gasteiger partial charge >= 0.3 is 0 Å². The van der Waals surface area contributed by atoms with Crippen LogP contribution in [0.1, 0.15) is 39.2 Å². The largest absolute Gasteiger partial charge is 0.299 e. The molecule has 2 saturated carbocycles. The van der Waals surface area contributed by atoms with Crippen molar-refractivity contribution in [2.24, 2.45) is 22.7 Å². The Morgan fingerprint density at radius 1 is 1.26 bits per heavy atom. The van der Waals surface area contributed by atoms with Crippen LogP contribution in [0.4, 0.5) is 0 Å². The van der Waals surface area contributed by atoms with Crippen LogP contribution in [0.2, 0.25) is 5.02 Å². The fourth-order valence-corrected chi connectivity index (χ4v) is 4.62. The van der Waals surface area contributed by atoms with Gasteiger partial charge in [-0.2, -0.15) is 0 Å². The Morgan fingerprint density at radius 2 is 1.95 bits per heavy atom. The lowest BCUT2D eigenvalue weighted by Crippen LogP contribution is -2.33. The molecule has 1 aromatic rings. The maximum atomic E-state index is 12.8. The van der Waals surface area contributed by atoms with Crippen molar-refractivity contribution in [3.63, 3.8) is 0 Å². The molecule has 0 heterocycles. The first-order valence-electron chi connectivity index (χ1n) is 7.15. The quantitative estimate of drug-likeness (QED) is 0.776. The molecule has 102 valence electrons. The van der Waals surface area contributed by atoms with Crippen LogP contribution in [-0.2, 0) is 11.2 Å². The van der Waals surface area contributed by atoms with Gasteiger partial charge in [0.05, 0.1) is 0 Å². The maximum absolute atomic E-state index is 12.8. The standard InChI is InChI=1S/C17H21ClO/c1-16(2)13-8-9-17(16,3)15(19)12(13)10-11-6-4-5-7-14(11)18/h4-7,12-13H,8-10H2,1-3H3/t12-,13+,17-/m0/s1. The topological polar surface area (TPSA) is 17.1 Å². The van der Waals surface area contributed by atoms with Crippen LogP contribution in [0.15, 0.2) is 24.3 Å².